The summed E-state index contributed by atoms with van der Waals surface area (Å²) >= 11 is 6.33. The van der Waals surface area contributed by atoms with Gasteiger partial charge in [0.1, 0.15) is 11.3 Å². The molecule has 3 aliphatic carbocycles. The number of aromatic carboxylic acids is 1. The van der Waals surface area contributed by atoms with E-state index >= 15 is 0 Å². The number of carboxylic acids is 1. The normalized spacial score (nSPS) is 25.1. The lowest BCUT2D eigenvalue weighted by molar-refractivity contribution is -0.123. The SMILES string of the molecule is COc1cc(C2C3=CCC4C(=O)N(c5ccc(C(=O)O)c(O)c5)C(=O)C4C3CC3=C2C(=O)C(C)=CC3=O)cc(Cl)c1O. The van der Waals surface area contributed by atoms with Crippen molar-refractivity contribution in [2.45, 2.75) is 25.7 Å². The van der Waals surface area contributed by atoms with Crippen molar-refractivity contribution < 1.29 is 44.0 Å². The van der Waals surface area contributed by atoms with Crippen LogP contribution in [0.2, 0.25) is 5.02 Å². The number of hydrogen-bond acceptors (Lipinski definition) is 8. The number of amides is 2. The van der Waals surface area contributed by atoms with Crippen molar-refractivity contribution in [2.24, 2.45) is 17.8 Å². The Morgan fingerprint density at radius 2 is 1.79 bits per heavy atom. The second-order valence-electron chi connectivity index (χ2n) is 10.8. The van der Waals surface area contributed by atoms with Crippen molar-refractivity contribution in [3.63, 3.8) is 0 Å². The predicted octanol–water partition coefficient (Wildman–Crippen LogP) is 4.09. The van der Waals surface area contributed by atoms with E-state index in [2.05, 4.69) is 0 Å². The minimum atomic E-state index is -1.36. The second kappa shape index (κ2) is 9.70. The van der Waals surface area contributed by atoms with Crippen LogP contribution in [0.25, 0.3) is 0 Å². The Bertz CT molecular complexity index is 1750. The maximum Gasteiger partial charge on any atom is 0.339 e. The fourth-order valence-corrected chi connectivity index (χ4v) is 6.97. The van der Waals surface area contributed by atoms with Crippen LogP contribution in [0.3, 0.4) is 0 Å². The monoisotopic (exact) mass is 589 g/mol. The maximum atomic E-state index is 14.0. The molecular weight excluding hydrogens is 566 g/mol. The first-order valence-electron chi connectivity index (χ1n) is 13.1. The summed E-state index contributed by atoms with van der Waals surface area (Å²) in [5.41, 5.74) is 1.62. The van der Waals surface area contributed by atoms with Gasteiger partial charge in [-0.2, -0.15) is 0 Å². The molecule has 4 aliphatic rings. The number of hydrogen-bond donors (Lipinski definition) is 3. The Labute approximate surface area is 244 Å². The van der Waals surface area contributed by atoms with Crippen molar-refractivity contribution >= 4 is 46.6 Å². The Morgan fingerprint density at radius 3 is 2.45 bits per heavy atom. The van der Waals surface area contributed by atoms with E-state index in [1.54, 1.807) is 6.92 Å². The molecule has 1 saturated heterocycles. The molecule has 11 heteroatoms. The maximum absolute atomic E-state index is 14.0. The van der Waals surface area contributed by atoms with Crippen LogP contribution >= 0.6 is 11.6 Å². The number of halogens is 1. The summed E-state index contributed by atoms with van der Waals surface area (Å²) in [4.78, 5) is 66.7. The molecule has 0 radical (unpaired) electrons. The molecular formula is C31H24ClNO9. The van der Waals surface area contributed by atoms with E-state index in [0.717, 1.165) is 17.0 Å². The molecule has 4 atom stereocenters. The molecule has 42 heavy (non-hydrogen) atoms. The first-order valence-corrected chi connectivity index (χ1v) is 13.5. The summed E-state index contributed by atoms with van der Waals surface area (Å²) in [5, 5.41) is 29.8. The fourth-order valence-electron chi connectivity index (χ4n) is 6.75. The molecule has 10 nitrogen and oxygen atoms in total. The van der Waals surface area contributed by atoms with Gasteiger partial charge in [-0.25, -0.2) is 9.69 Å². The first-order chi connectivity index (χ1) is 19.9. The summed E-state index contributed by atoms with van der Waals surface area (Å²) in [6, 6.07) is 6.51. The van der Waals surface area contributed by atoms with Crippen LogP contribution < -0.4 is 9.64 Å². The van der Waals surface area contributed by atoms with Gasteiger partial charge in [-0.05, 0) is 61.6 Å². The zero-order chi connectivity index (χ0) is 30.2. The number of aromatic hydroxyl groups is 2. The van der Waals surface area contributed by atoms with E-state index < -0.39 is 47.2 Å². The van der Waals surface area contributed by atoms with Gasteiger partial charge in [-0.3, -0.25) is 19.2 Å². The molecule has 1 heterocycles. The Kier molecular flexibility index (Phi) is 6.34. The van der Waals surface area contributed by atoms with Gasteiger partial charge in [0, 0.05) is 28.7 Å². The van der Waals surface area contributed by atoms with E-state index in [9.17, 15) is 39.3 Å². The van der Waals surface area contributed by atoms with Gasteiger partial charge in [0.15, 0.2) is 23.1 Å². The number of methoxy groups -OCH3 is 1. The number of imide groups is 1. The van der Waals surface area contributed by atoms with Gasteiger partial charge in [0.2, 0.25) is 11.8 Å². The molecule has 0 saturated carbocycles. The lowest BCUT2D eigenvalue weighted by Gasteiger charge is -2.42. The van der Waals surface area contributed by atoms with Crippen molar-refractivity contribution in [1.29, 1.82) is 0 Å². The third-order valence-electron chi connectivity index (χ3n) is 8.64. The first kappa shape index (κ1) is 27.5. The van der Waals surface area contributed by atoms with Crippen molar-refractivity contribution in [2.75, 3.05) is 12.0 Å². The van der Waals surface area contributed by atoms with Crippen molar-refractivity contribution in [1.82, 2.24) is 0 Å². The number of carboxylic acid groups (broad SMARTS) is 1. The average Bonchev–Trinajstić information content (AvgIpc) is 3.21. The third kappa shape index (κ3) is 3.89. The molecule has 0 bridgehead atoms. The van der Waals surface area contributed by atoms with E-state index in [4.69, 9.17) is 16.3 Å². The van der Waals surface area contributed by atoms with Gasteiger partial charge in [-0.15, -0.1) is 0 Å². The quantitative estimate of drug-likeness (QED) is 0.271. The number of phenols is 2. The van der Waals surface area contributed by atoms with Gasteiger partial charge >= 0.3 is 5.97 Å². The summed E-state index contributed by atoms with van der Waals surface area (Å²) in [6.07, 6.45) is 3.35. The summed E-state index contributed by atoms with van der Waals surface area (Å²) in [5.74, 6) is -6.94. The van der Waals surface area contributed by atoms with Crippen LogP contribution in [0, 0.1) is 17.8 Å². The highest BCUT2D eigenvalue weighted by atomic mass is 35.5. The highest BCUT2D eigenvalue weighted by Gasteiger charge is 2.56. The average molecular weight is 590 g/mol. The molecule has 1 aliphatic heterocycles. The number of ketones is 2. The number of fused-ring (bicyclic) bond motifs is 3. The van der Waals surface area contributed by atoms with Crippen molar-refractivity contribution in [3.8, 4) is 17.2 Å². The number of rotatable bonds is 4. The largest absolute Gasteiger partial charge is 0.507 e. The van der Waals surface area contributed by atoms with E-state index in [1.807, 2.05) is 6.08 Å². The van der Waals surface area contributed by atoms with Crippen LogP contribution in [0.4, 0.5) is 5.69 Å². The lowest BCUT2D eigenvalue weighted by Crippen LogP contribution is -2.39. The van der Waals surface area contributed by atoms with Gasteiger partial charge in [-0.1, -0.05) is 23.3 Å². The minimum Gasteiger partial charge on any atom is -0.507 e. The molecule has 2 aromatic carbocycles. The third-order valence-corrected chi connectivity index (χ3v) is 8.93. The van der Waals surface area contributed by atoms with Gasteiger partial charge in [0.25, 0.3) is 0 Å². The number of ether oxygens (including phenoxy) is 1. The number of allylic oxidation sites excluding steroid dienone is 6. The highest BCUT2D eigenvalue weighted by Crippen LogP contribution is 2.56. The number of nitrogens with zero attached hydrogens (tertiary/aromatic N) is 1. The molecule has 0 aromatic heterocycles. The number of carbonyl (C=O) groups is 5. The van der Waals surface area contributed by atoms with Crippen LogP contribution in [0.15, 0.2) is 64.8 Å². The lowest BCUT2D eigenvalue weighted by atomic mass is 9.59. The molecule has 6 rings (SSSR count). The van der Waals surface area contributed by atoms with Gasteiger partial charge < -0.3 is 20.1 Å². The second-order valence-corrected chi connectivity index (χ2v) is 11.2. The Balaban J connectivity index is 1.48. The van der Waals surface area contributed by atoms with Crippen LogP contribution in [0.5, 0.6) is 17.2 Å². The number of anilines is 1. The highest BCUT2D eigenvalue weighted by molar-refractivity contribution is 6.32. The number of benzene rings is 2. The topological polar surface area (TPSA) is 159 Å². The van der Waals surface area contributed by atoms with E-state index in [-0.39, 0.29) is 68.9 Å². The molecule has 2 amide bonds. The molecule has 3 N–H and O–H groups in total. The minimum absolute atomic E-state index is 0.0207. The smallest absolute Gasteiger partial charge is 0.339 e. The van der Waals surface area contributed by atoms with Crippen LogP contribution in [-0.2, 0) is 19.2 Å². The number of Topliss-reactive ketones (excluding diaryl/α,β-unsaturated/α-hetero) is 1. The zero-order valence-electron chi connectivity index (χ0n) is 22.4. The Hall–Kier alpha value is -4.70. The summed E-state index contributed by atoms with van der Waals surface area (Å²) < 4.78 is 5.30. The standard InChI is InChI=1S/C31H24ClNO9/c1-12-7-21(34)19-11-18-15(24(26(19)27(12)36)13-8-20(32)28(37)23(9-13)42-2)5-6-17-25(18)30(39)33(29(17)38)14-3-4-16(31(40)41)22(35)10-14/h3-5,7-10,17-18,24-25,35,37H,6,11H2,1-2H3,(H,40,41). The fraction of sp³-hybridized carbons (Fsp3) is 0.258. The molecule has 4 unspecified atom stereocenters. The molecule has 2 aromatic rings. The molecule has 1 fully saturated rings. The summed E-state index contributed by atoms with van der Waals surface area (Å²) in [7, 11) is 1.36. The van der Waals surface area contributed by atoms with Crippen LogP contribution in [0.1, 0.15) is 41.6 Å². The molecule has 0 spiro atoms. The van der Waals surface area contributed by atoms with E-state index in [0.29, 0.717) is 11.1 Å². The Morgan fingerprint density at radius 1 is 1.05 bits per heavy atom. The van der Waals surface area contributed by atoms with E-state index in [1.165, 1.54) is 31.4 Å². The zero-order valence-corrected chi connectivity index (χ0v) is 23.1. The number of carbonyl (C=O) groups excluding carboxylic acids is 4. The van der Waals surface area contributed by atoms with Gasteiger partial charge in [0.05, 0.1) is 29.7 Å². The summed E-state index contributed by atoms with van der Waals surface area (Å²) in [6.45, 7) is 1.56. The van der Waals surface area contributed by atoms with Crippen LogP contribution in [-0.4, -0.2) is 51.8 Å². The van der Waals surface area contributed by atoms with Crippen molar-refractivity contribution in [3.05, 3.63) is 80.9 Å². The predicted molar refractivity (Wildman–Crippen MR) is 149 cm³/mol. The number of phenolic OH excluding ortho intramolecular Hbond substituents is 1. The molecule has 214 valence electrons.